The lowest BCUT2D eigenvalue weighted by Crippen LogP contribution is -1.94. The molecule has 0 aliphatic heterocycles. The number of rotatable bonds is 3. The van der Waals surface area contributed by atoms with Gasteiger partial charge in [0, 0.05) is 11.8 Å². The van der Waals surface area contributed by atoms with Crippen molar-refractivity contribution in [2.75, 3.05) is 14.2 Å². The maximum atomic E-state index is 5.82. The summed E-state index contributed by atoms with van der Waals surface area (Å²) >= 11 is 5.82. The molecule has 0 aliphatic carbocycles. The maximum Gasteiger partial charge on any atom is 0.222 e. The topological polar surface area (TPSA) is 44.2 Å². The van der Waals surface area contributed by atoms with Crippen LogP contribution in [0.5, 0.6) is 11.5 Å². The predicted octanol–water partition coefficient (Wildman–Crippen LogP) is 3.12. The minimum absolute atomic E-state index is 0.227. The molecule has 0 fully saturated rings. The third kappa shape index (κ3) is 2.38. The molecule has 5 heteroatoms. The van der Waals surface area contributed by atoms with Crippen molar-refractivity contribution in [3.63, 3.8) is 0 Å². The molecule has 2 rings (SSSR count). The van der Waals surface area contributed by atoms with Gasteiger partial charge in [0.15, 0.2) is 11.5 Å². The van der Waals surface area contributed by atoms with Crippen molar-refractivity contribution in [1.29, 1.82) is 0 Å². The first-order valence-electron chi connectivity index (χ1n) is 5.37. The molecule has 94 valence electrons. The van der Waals surface area contributed by atoms with Crippen LogP contribution in [-0.2, 0) is 0 Å². The average molecular weight is 265 g/mol. The molecule has 1 heterocycles. The number of ether oxygens (including phenoxy) is 2. The summed E-state index contributed by atoms with van der Waals surface area (Å²) in [6, 6.07) is 5.61. The van der Waals surface area contributed by atoms with E-state index in [1.165, 1.54) is 0 Å². The zero-order valence-corrected chi connectivity index (χ0v) is 11.2. The summed E-state index contributed by atoms with van der Waals surface area (Å²) in [6.45, 7) is 1.93. The van der Waals surface area contributed by atoms with E-state index in [1.54, 1.807) is 20.4 Å². The molecule has 0 amide bonds. The first-order valence-corrected chi connectivity index (χ1v) is 5.75. The first kappa shape index (κ1) is 12.6. The predicted molar refractivity (Wildman–Crippen MR) is 70.3 cm³/mol. The fourth-order valence-corrected chi connectivity index (χ4v) is 1.83. The molecular weight excluding hydrogens is 252 g/mol. The fraction of sp³-hybridized carbons (Fsp3) is 0.231. The zero-order chi connectivity index (χ0) is 13.1. The van der Waals surface area contributed by atoms with Gasteiger partial charge in [0.25, 0.3) is 0 Å². The van der Waals surface area contributed by atoms with Crippen molar-refractivity contribution in [3.05, 3.63) is 35.2 Å². The second-order valence-corrected chi connectivity index (χ2v) is 4.08. The first-order chi connectivity index (χ1) is 8.65. The molecule has 4 nitrogen and oxygen atoms in total. The van der Waals surface area contributed by atoms with E-state index in [0.717, 1.165) is 16.8 Å². The Balaban J connectivity index is 2.54. The average Bonchev–Trinajstić information content (AvgIpc) is 2.40. The number of aryl methyl sites for hydroxylation is 1. The van der Waals surface area contributed by atoms with Crippen LogP contribution in [0.15, 0.2) is 24.4 Å². The summed E-state index contributed by atoms with van der Waals surface area (Å²) in [5.41, 5.74) is 2.65. The zero-order valence-electron chi connectivity index (χ0n) is 10.4. The Bertz CT molecular complexity index is 573. The van der Waals surface area contributed by atoms with E-state index in [4.69, 9.17) is 21.1 Å². The second kappa shape index (κ2) is 5.23. The summed E-state index contributed by atoms with van der Waals surface area (Å²) < 4.78 is 10.5. The van der Waals surface area contributed by atoms with E-state index in [0.29, 0.717) is 11.5 Å². The number of hydrogen-bond donors (Lipinski definition) is 0. The van der Waals surface area contributed by atoms with Gasteiger partial charge >= 0.3 is 0 Å². The molecule has 0 saturated heterocycles. The number of halogens is 1. The van der Waals surface area contributed by atoms with Gasteiger partial charge in [-0.2, -0.15) is 0 Å². The van der Waals surface area contributed by atoms with Crippen LogP contribution in [0.25, 0.3) is 11.3 Å². The standard InChI is InChI=1S/C13H13ClN2O2/c1-8-7-15-13(14)16-12(8)9-4-5-10(17-2)11(6-9)18-3/h4-7H,1-3H3. The Morgan fingerprint density at radius 3 is 2.50 bits per heavy atom. The van der Waals surface area contributed by atoms with Gasteiger partial charge in [0.05, 0.1) is 19.9 Å². The van der Waals surface area contributed by atoms with Gasteiger partial charge < -0.3 is 9.47 Å². The molecule has 2 aromatic rings. The molecule has 0 atom stereocenters. The SMILES string of the molecule is COc1ccc(-c2nc(Cl)ncc2C)cc1OC. The molecule has 0 spiro atoms. The van der Waals surface area contributed by atoms with Crippen molar-refractivity contribution in [3.8, 4) is 22.8 Å². The van der Waals surface area contributed by atoms with E-state index in [-0.39, 0.29) is 5.28 Å². The minimum atomic E-state index is 0.227. The van der Waals surface area contributed by atoms with E-state index in [9.17, 15) is 0 Å². The van der Waals surface area contributed by atoms with Gasteiger partial charge in [-0.05, 0) is 42.3 Å². The summed E-state index contributed by atoms with van der Waals surface area (Å²) in [5, 5.41) is 0.227. The lowest BCUT2D eigenvalue weighted by Gasteiger charge is -2.10. The highest BCUT2D eigenvalue weighted by molar-refractivity contribution is 6.28. The Morgan fingerprint density at radius 2 is 1.83 bits per heavy atom. The van der Waals surface area contributed by atoms with Crippen LogP contribution in [0.4, 0.5) is 0 Å². The molecule has 0 aliphatic rings. The highest BCUT2D eigenvalue weighted by Crippen LogP contribution is 2.32. The monoisotopic (exact) mass is 264 g/mol. The van der Waals surface area contributed by atoms with Gasteiger partial charge in [-0.25, -0.2) is 9.97 Å². The lowest BCUT2D eigenvalue weighted by atomic mass is 10.1. The largest absolute Gasteiger partial charge is 0.493 e. The minimum Gasteiger partial charge on any atom is -0.493 e. The lowest BCUT2D eigenvalue weighted by molar-refractivity contribution is 0.355. The van der Waals surface area contributed by atoms with Crippen LogP contribution >= 0.6 is 11.6 Å². The highest BCUT2D eigenvalue weighted by atomic mass is 35.5. The van der Waals surface area contributed by atoms with Crippen molar-refractivity contribution < 1.29 is 9.47 Å². The van der Waals surface area contributed by atoms with Crippen molar-refractivity contribution in [2.24, 2.45) is 0 Å². The molecule has 18 heavy (non-hydrogen) atoms. The number of hydrogen-bond acceptors (Lipinski definition) is 4. The molecule has 1 aromatic heterocycles. The molecular formula is C13H13ClN2O2. The Morgan fingerprint density at radius 1 is 1.11 bits per heavy atom. The van der Waals surface area contributed by atoms with Crippen molar-refractivity contribution in [1.82, 2.24) is 9.97 Å². The Labute approximate surface area is 111 Å². The van der Waals surface area contributed by atoms with Crippen LogP contribution in [0.2, 0.25) is 5.28 Å². The van der Waals surface area contributed by atoms with E-state index >= 15 is 0 Å². The third-order valence-corrected chi connectivity index (χ3v) is 2.78. The number of benzene rings is 1. The van der Waals surface area contributed by atoms with Crippen LogP contribution in [-0.4, -0.2) is 24.2 Å². The van der Waals surface area contributed by atoms with E-state index < -0.39 is 0 Å². The molecule has 0 radical (unpaired) electrons. The second-order valence-electron chi connectivity index (χ2n) is 3.74. The normalized spacial score (nSPS) is 10.2. The summed E-state index contributed by atoms with van der Waals surface area (Å²) in [6.07, 6.45) is 1.70. The van der Waals surface area contributed by atoms with Crippen molar-refractivity contribution in [2.45, 2.75) is 6.92 Å². The van der Waals surface area contributed by atoms with Gasteiger partial charge in [-0.15, -0.1) is 0 Å². The fourth-order valence-electron chi connectivity index (χ4n) is 1.70. The van der Waals surface area contributed by atoms with Crippen LogP contribution in [0, 0.1) is 6.92 Å². The van der Waals surface area contributed by atoms with E-state index in [1.807, 2.05) is 25.1 Å². The summed E-state index contributed by atoms with van der Waals surface area (Å²) in [7, 11) is 3.20. The maximum absolute atomic E-state index is 5.82. The van der Waals surface area contributed by atoms with Gasteiger partial charge in [0.2, 0.25) is 5.28 Å². The number of nitrogens with zero attached hydrogens (tertiary/aromatic N) is 2. The van der Waals surface area contributed by atoms with Crippen molar-refractivity contribution >= 4 is 11.6 Å². The molecule has 0 saturated carbocycles. The van der Waals surface area contributed by atoms with E-state index in [2.05, 4.69) is 9.97 Å². The molecule has 0 N–H and O–H groups in total. The van der Waals surface area contributed by atoms with Crippen LogP contribution in [0.1, 0.15) is 5.56 Å². The summed E-state index contributed by atoms with van der Waals surface area (Å²) in [5.74, 6) is 1.34. The Hall–Kier alpha value is -1.81. The van der Waals surface area contributed by atoms with Crippen LogP contribution < -0.4 is 9.47 Å². The third-order valence-electron chi connectivity index (χ3n) is 2.60. The van der Waals surface area contributed by atoms with Crippen LogP contribution in [0.3, 0.4) is 0 Å². The highest BCUT2D eigenvalue weighted by Gasteiger charge is 2.10. The van der Waals surface area contributed by atoms with Gasteiger partial charge in [-0.1, -0.05) is 0 Å². The van der Waals surface area contributed by atoms with Gasteiger partial charge in [-0.3, -0.25) is 0 Å². The molecule has 0 unspecified atom stereocenters. The molecule has 1 aromatic carbocycles. The summed E-state index contributed by atoms with van der Waals surface area (Å²) in [4.78, 5) is 8.17. The number of methoxy groups -OCH3 is 2. The van der Waals surface area contributed by atoms with Gasteiger partial charge in [0.1, 0.15) is 0 Å². The quantitative estimate of drug-likeness (QED) is 0.799. The number of aromatic nitrogens is 2. The smallest absolute Gasteiger partial charge is 0.222 e. The Kier molecular flexibility index (Phi) is 3.67. The molecule has 0 bridgehead atoms.